The van der Waals surface area contributed by atoms with Gasteiger partial charge >= 0.3 is 0 Å². The smallest absolute Gasteiger partial charge is 0.269 e. The fourth-order valence-electron chi connectivity index (χ4n) is 4.78. The van der Waals surface area contributed by atoms with Crippen molar-refractivity contribution in [3.63, 3.8) is 0 Å². The lowest BCUT2D eigenvalue weighted by Crippen LogP contribution is -2.49. The molecule has 1 saturated carbocycles. The van der Waals surface area contributed by atoms with Crippen LogP contribution in [-0.4, -0.2) is 54.0 Å². The van der Waals surface area contributed by atoms with Crippen molar-refractivity contribution in [2.75, 3.05) is 6.54 Å². The van der Waals surface area contributed by atoms with E-state index in [9.17, 15) is 22.8 Å². The summed E-state index contributed by atoms with van der Waals surface area (Å²) in [5.74, 6) is -1.17. The first-order chi connectivity index (χ1) is 17.6. The van der Waals surface area contributed by atoms with E-state index >= 15 is 0 Å². The van der Waals surface area contributed by atoms with Gasteiger partial charge in [-0.25, -0.2) is 12.7 Å². The van der Waals surface area contributed by atoms with Gasteiger partial charge in [0, 0.05) is 25.6 Å². The van der Waals surface area contributed by atoms with Crippen molar-refractivity contribution in [3.8, 4) is 0 Å². The minimum Gasteiger partial charge on any atom is -0.352 e. The SMILES string of the molecule is CC(C(=O)NC1CCCC1)N(Cc1ccc(Cl)c(Cl)c1)C(=O)CCCN1C(=O)c2ccccc2S1(=O)=O. The lowest BCUT2D eigenvalue weighted by atomic mass is 10.1. The lowest BCUT2D eigenvalue weighted by Gasteiger charge is -2.30. The predicted molar refractivity (Wildman–Crippen MR) is 141 cm³/mol. The number of nitrogens with one attached hydrogen (secondary N) is 1. The molecular formula is C26H29Cl2N3O5S. The summed E-state index contributed by atoms with van der Waals surface area (Å²) in [5, 5.41) is 3.76. The van der Waals surface area contributed by atoms with Gasteiger partial charge in [-0.1, -0.05) is 54.2 Å². The number of rotatable bonds is 9. The fraction of sp³-hybridized carbons (Fsp3) is 0.423. The summed E-state index contributed by atoms with van der Waals surface area (Å²) >= 11 is 12.2. The minimum absolute atomic E-state index is 0.0234. The van der Waals surface area contributed by atoms with Crippen molar-refractivity contribution < 1.29 is 22.8 Å². The van der Waals surface area contributed by atoms with Crippen molar-refractivity contribution in [1.82, 2.24) is 14.5 Å². The Balaban J connectivity index is 1.45. The van der Waals surface area contributed by atoms with Crippen LogP contribution in [0, 0.1) is 0 Å². The third-order valence-corrected chi connectivity index (χ3v) is 9.45. The molecule has 2 aromatic carbocycles. The second kappa shape index (κ2) is 11.4. The predicted octanol–water partition coefficient (Wildman–Crippen LogP) is 4.39. The van der Waals surface area contributed by atoms with E-state index in [0.717, 1.165) is 30.0 Å². The average molecular weight is 567 g/mol. The Morgan fingerprint density at radius 3 is 2.49 bits per heavy atom. The van der Waals surface area contributed by atoms with Gasteiger partial charge in [-0.05, 0) is 56.0 Å². The fourth-order valence-corrected chi connectivity index (χ4v) is 6.71. The normalized spacial score (nSPS) is 17.5. The molecule has 37 heavy (non-hydrogen) atoms. The van der Waals surface area contributed by atoms with Crippen LogP contribution in [0.25, 0.3) is 0 Å². The summed E-state index contributed by atoms with van der Waals surface area (Å²) in [7, 11) is -3.95. The first kappa shape index (κ1) is 27.4. The van der Waals surface area contributed by atoms with Gasteiger partial charge in [-0.15, -0.1) is 0 Å². The van der Waals surface area contributed by atoms with Crippen LogP contribution in [0.15, 0.2) is 47.4 Å². The van der Waals surface area contributed by atoms with Crippen LogP contribution in [0.2, 0.25) is 10.0 Å². The van der Waals surface area contributed by atoms with Gasteiger partial charge in [-0.2, -0.15) is 0 Å². The molecule has 1 aliphatic heterocycles. The molecular weight excluding hydrogens is 537 g/mol. The Labute approximate surface area is 227 Å². The van der Waals surface area contributed by atoms with Crippen LogP contribution in [0.5, 0.6) is 0 Å². The molecule has 3 amide bonds. The van der Waals surface area contributed by atoms with Gasteiger partial charge in [0.05, 0.1) is 15.6 Å². The maximum absolute atomic E-state index is 13.4. The summed E-state index contributed by atoms with van der Waals surface area (Å²) in [4.78, 5) is 40.5. The number of sulfonamides is 1. The molecule has 2 aliphatic rings. The van der Waals surface area contributed by atoms with Gasteiger partial charge in [0.1, 0.15) is 10.9 Å². The zero-order chi connectivity index (χ0) is 26.7. The number of halogens is 2. The topological polar surface area (TPSA) is 104 Å². The van der Waals surface area contributed by atoms with E-state index in [4.69, 9.17) is 23.2 Å². The molecule has 1 unspecified atom stereocenters. The Morgan fingerprint density at radius 1 is 1.11 bits per heavy atom. The summed E-state index contributed by atoms with van der Waals surface area (Å²) in [6.07, 6.45) is 4.03. The quantitative estimate of drug-likeness (QED) is 0.485. The maximum atomic E-state index is 13.4. The molecule has 198 valence electrons. The van der Waals surface area contributed by atoms with Gasteiger partial charge in [-0.3, -0.25) is 14.4 Å². The summed E-state index contributed by atoms with van der Waals surface area (Å²) < 4.78 is 26.4. The van der Waals surface area contributed by atoms with Gasteiger partial charge in [0.25, 0.3) is 15.9 Å². The largest absolute Gasteiger partial charge is 0.352 e. The van der Waals surface area contributed by atoms with Crippen LogP contribution in [-0.2, 0) is 26.2 Å². The summed E-state index contributed by atoms with van der Waals surface area (Å²) in [6, 6.07) is 10.4. The number of nitrogens with zero attached hydrogens (tertiary/aromatic N) is 2. The Bertz CT molecular complexity index is 1310. The van der Waals surface area contributed by atoms with Crippen LogP contribution in [0.4, 0.5) is 0 Å². The first-order valence-electron chi connectivity index (χ1n) is 12.3. The highest BCUT2D eigenvalue weighted by atomic mass is 35.5. The number of amides is 3. The van der Waals surface area contributed by atoms with Gasteiger partial charge in [0.2, 0.25) is 11.8 Å². The third-order valence-electron chi connectivity index (χ3n) is 6.87. The van der Waals surface area contributed by atoms with E-state index in [1.165, 1.54) is 17.0 Å². The molecule has 8 nitrogen and oxygen atoms in total. The highest BCUT2D eigenvalue weighted by Crippen LogP contribution is 2.30. The van der Waals surface area contributed by atoms with Crippen molar-refractivity contribution >= 4 is 50.9 Å². The molecule has 2 aromatic rings. The highest BCUT2D eigenvalue weighted by molar-refractivity contribution is 7.90. The first-order valence-corrected chi connectivity index (χ1v) is 14.5. The average Bonchev–Trinajstić information content (AvgIpc) is 3.45. The zero-order valence-corrected chi connectivity index (χ0v) is 22.8. The summed E-state index contributed by atoms with van der Waals surface area (Å²) in [5.41, 5.74) is 0.836. The molecule has 1 atom stereocenters. The van der Waals surface area contributed by atoms with Crippen molar-refractivity contribution in [2.24, 2.45) is 0 Å². The van der Waals surface area contributed by atoms with Crippen molar-refractivity contribution in [3.05, 3.63) is 63.6 Å². The molecule has 1 fully saturated rings. The lowest BCUT2D eigenvalue weighted by molar-refractivity contribution is -0.141. The van der Waals surface area contributed by atoms with E-state index < -0.39 is 22.0 Å². The number of carbonyl (C=O) groups excluding carboxylic acids is 3. The second-order valence-electron chi connectivity index (χ2n) is 9.42. The molecule has 0 saturated heterocycles. The number of carbonyl (C=O) groups is 3. The van der Waals surface area contributed by atoms with Gasteiger partial charge in [0.15, 0.2) is 0 Å². The van der Waals surface area contributed by atoms with Crippen molar-refractivity contribution in [2.45, 2.75) is 69.0 Å². The van der Waals surface area contributed by atoms with Gasteiger partial charge < -0.3 is 10.2 Å². The van der Waals surface area contributed by atoms with E-state index in [1.54, 1.807) is 37.3 Å². The maximum Gasteiger partial charge on any atom is 0.269 e. The number of benzene rings is 2. The zero-order valence-electron chi connectivity index (χ0n) is 20.5. The molecule has 1 N–H and O–H groups in total. The molecule has 0 aromatic heterocycles. The molecule has 0 spiro atoms. The highest BCUT2D eigenvalue weighted by Gasteiger charge is 2.40. The van der Waals surface area contributed by atoms with Crippen molar-refractivity contribution in [1.29, 1.82) is 0 Å². The second-order valence-corrected chi connectivity index (χ2v) is 12.1. The Kier molecular flexibility index (Phi) is 8.46. The van der Waals surface area contributed by atoms with E-state index in [1.807, 2.05) is 0 Å². The minimum atomic E-state index is -3.95. The Morgan fingerprint density at radius 2 is 1.81 bits per heavy atom. The number of hydrogen-bond donors (Lipinski definition) is 1. The standard InChI is InChI=1S/C26H29Cl2N3O5S/c1-17(25(33)29-19-7-2-3-8-19)30(16-18-12-13-21(27)22(28)15-18)24(32)11-6-14-31-26(34)20-9-4-5-10-23(20)37(31,35)36/h4-5,9-10,12-13,15,17,19H,2-3,6-8,11,14,16H2,1H3,(H,29,33). The molecule has 0 radical (unpaired) electrons. The molecule has 1 aliphatic carbocycles. The van der Waals surface area contributed by atoms with E-state index in [0.29, 0.717) is 15.6 Å². The van der Waals surface area contributed by atoms with Crippen LogP contribution >= 0.6 is 23.2 Å². The third kappa shape index (κ3) is 5.94. The molecule has 0 bridgehead atoms. The molecule has 1 heterocycles. The molecule has 4 rings (SSSR count). The monoisotopic (exact) mass is 565 g/mol. The number of hydrogen-bond acceptors (Lipinski definition) is 5. The van der Waals surface area contributed by atoms with E-state index in [-0.39, 0.29) is 54.2 Å². The summed E-state index contributed by atoms with van der Waals surface area (Å²) in [6.45, 7) is 1.66. The van der Waals surface area contributed by atoms with Crippen LogP contribution < -0.4 is 5.32 Å². The Hall–Kier alpha value is -2.62. The van der Waals surface area contributed by atoms with Crippen LogP contribution in [0.3, 0.4) is 0 Å². The number of fused-ring (bicyclic) bond motifs is 1. The van der Waals surface area contributed by atoms with Crippen LogP contribution in [0.1, 0.15) is 61.4 Å². The molecule has 11 heteroatoms. The van der Waals surface area contributed by atoms with E-state index in [2.05, 4.69) is 5.32 Å².